The third kappa shape index (κ3) is 2.37. The summed E-state index contributed by atoms with van der Waals surface area (Å²) in [6.07, 6.45) is 1.45. The molecule has 3 heterocycles. The maximum absolute atomic E-state index is 12.1. The van der Waals surface area contributed by atoms with E-state index < -0.39 is 5.97 Å². The summed E-state index contributed by atoms with van der Waals surface area (Å²) in [5.41, 5.74) is 4.00. The molecular formula is C15H16ClN5O2. The van der Waals surface area contributed by atoms with Gasteiger partial charge in [-0.25, -0.2) is 14.3 Å². The number of aryl methyl sites for hydroxylation is 2. The van der Waals surface area contributed by atoms with Gasteiger partial charge in [-0.3, -0.25) is 4.68 Å². The number of ether oxygens (including phenoxy) is 1. The van der Waals surface area contributed by atoms with E-state index in [-0.39, 0.29) is 5.69 Å². The molecule has 0 atom stereocenters. The van der Waals surface area contributed by atoms with Crippen LogP contribution in [-0.2, 0) is 11.3 Å². The van der Waals surface area contributed by atoms with E-state index in [9.17, 15) is 4.79 Å². The molecule has 0 saturated heterocycles. The van der Waals surface area contributed by atoms with E-state index in [1.807, 2.05) is 25.5 Å². The van der Waals surface area contributed by atoms with Crippen LogP contribution in [0.4, 0.5) is 0 Å². The number of aromatic nitrogens is 5. The molecular weight excluding hydrogens is 318 g/mol. The topological polar surface area (TPSA) is 74.3 Å². The Morgan fingerprint density at radius 2 is 2.13 bits per heavy atom. The first-order chi connectivity index (χ1) is 11.0. The Labute approximate surface area is 137 Å². The van der Waals surface area contributed by atoms with Gasteiger partial charge < -0.3 is 4.74 Å². The van der Waals surface area contributed by atoms with Crippen LogP contribution in [0.3, 0.4) is 0 Å². The minimum atomic E-state index is -0.503. The van der Waals surface area contributed by atoms with Crippen molar-refractivity contribution < 1.29 is 9.53 Å². The van der Waals surface area contributed by atoms with Crippen LogP contribution in [0, 0.1) is 13.8 Å². The normalized spacial score (nSPS) is 11.2. The predicted molar refractivity (Wildman–Crippen MR) is 85.7 cm³/mol. The summed E-state index contributed by atoms with van der Waals surface area (Å²) in [4.78, 5) is 16.6. The monoisotopic (exact) mass is 333 g/mol. The van der Waals surface area contributed by atoms with Crippen LogP contribution in [0.15, 0.2) is 12.3 Å². The number of rotatable bonds is 3. The average molecular weight is 334 g/mol. The van der Waals surface area contributed by atoms with Gasteiger partial charge in [-0.05, 0) is 26.8 Å². The van der Waals surface area contributed by atoms with E-state index in [1.165, 1.54) is 17.8 Å². The molecule has 120 valence electrons. The fourth-order valence-corrected chi connectivity index (χ4v) is 2.86. The van der Waals surface area contributed by atoms with Gasteiger partial charge in [-0.15, -0.1) is 0 Å². The molecule has 3 aromatic heterocycles. The highest BCUT2D eigenvalue weighted by Gasteiger charge is 2.21. The Morgan fingerprint density at radius 1 is 1.39 bits per heavy atom. The Morgan fingerprint density at radius 3 is 2.74 bits per heavy atom. The Bertz CT molecular complexity index is 912. The second-order valence-electron chi connectivity index (χ2n) is 5.11. The van der Waals surface area contributed by atoms with Crippen molar-refractivity contribution in [2.24, 2.45) is 0 Å². The summed E-state index contributed by atoms with van der Waals surface area (Å²) in [7, 11) is 1.32. The molecule has 23 heavy (non-hydrogen) atoms. The highest BCUT2D eigenvalue weighted by Crippen LogP contribution is 2.28. The number of methoxy groups -OCH3 is 1. The lowest BCUT2D eigenvalue weighted by Gasteiger charge is -2.07. The summed E-state index contributed by atoms with van der Waals surface area (Å²) in [6, 6.07) is 1.65. The zero-order valence-electron chi connectivity index (χ0n) is 13.3. The minimum Gasteiger partial charge on any atom is -0.464 e. The molecule has 0 amide bonds. The van der Waals surface area contributed by atoms with E-state index in [0.717, 1.165) is 23.5 Å². The molecule has 0 spiro atoms. The van der Waals surface area contributed by atoms with Crippen LogP contribution >= 0.6 is 11.6 Å². The molecule has 0 aliphatic rings. The van der Waals surface area contributed by atoms with Crippen LogP contribution in [0.5, 0.6) is 0 Å². The van der Waals surface area contributed by atoms with E-state index in [1.54, 1.807) is 6.07 Å². The van der Waals surface area contributed by atoms with E-state index >= 15 is 0 Å². The molecule has 0 fully saturated rings. The van der Waals surface area contributed by atoms with Crippen LogP contribution in [0.1, 0.15) is 28.8 Å². The molecule has 0 radical (unpaired) electrons. The highest BCUT2D eigenvalue weighted by atomic mass is 35.5. The van der Waals surface area contributed by atoms with Gasteiger partial charge in [0.05, 0.1) is 24.7 Å². The van der Waals surface area contributed by atoms with Crippen molar-refractivity contribution in [3.8, 4) is 11.3 Å². The fourth-order valence-electron chi connectivity index (χ4n) is 2.69. The second kappa shape index (κ2) is 5.66. The maximum Gasteiger partial charge on any atom is 0.356 e. The quantitative estimate of drug-likeness (QED) is 0.689. The molecule has 0 aliphatic carbocycles. The largest absolute Gasteiger partial charge is 0.464 e. The number of carbonyl (C=O) groups is 1. The van der Waals surface area contributed by atoms with Crippen LogP contribution in [0.25, 0.3) is 16.9 Å². The third-order valence-corrected chi connectivity index (χ3v) is 4.03. The van der Waals surface area contributed by atoms with E-state index in [4.69, 9.17) is 16.3 Å². The number of fused-ring (bicyclic) bond motifs is 1. The fraction of sp³-hybridized carbons (Fsp3) is 0.333. The molecule has 0 N–H and O–H groups in total. The first-order valence-electron chi connectivity index (χ1n) is 7.14. The number of carbonyl (C=O) groups excluding carboxylic acids is 1. The first kappa shape index (κ1) is 15.5. The molecule has 0 saturated carbocycles. The highest BCUT2D eigenvalue weighted by molar-refractivity contribution is 6.33. The zero-order chi connectivity index (χ0) is 16.7. The Balaban J connectivity index is 2.33. The predicted octanol–water partition coefficient (Wildman–Crippen LogP) is 2.67. The maximum atomic E-state index is 12.1. The summed E-state index contributed by atoms with van der Waals surface area (Å²) < 4.78 is 8.12. The third-order valence-electron chi connectivity index (χ3n) is 3.76. The lowest BCUT2D eigenvalue weighted by Crippen LogP contribution is -2.11. The zero-order valence-corrected chi connectivity index (χ0v) is 14.0. The van der Waals surface area contributed by atoms with Crippen LogP contribution < -0.4 is 0 Å². The smallest absolute Gasteiger partial charge is 0.356 e. The van der Waals surface area contributed by atoms with Crippen molar-refractivity contribution in [2.45, 2.75) is 27.3 Å². The van der Waals surface area contributed by atoms with Crippen LogP contribution in [0.2, 0.25) is 5.02 Å². The summed E-state index contributed by atoms with van der Waals surface area (Å²) in [5, 5.41) is 8.95. The molecule has 0 unspecified atom stereocenters. The van der Waals surface area contributed by atoms with Gasteiger partial charge in [0, 0.05) is 17.8 Å². The number of hydrogen-bond acceptors (Lipinski definition) is 5. The summed E-state index contributed by atoms with van der Waals surface area (Å²) in [6.45, 7) is 6.66. The molecule has 0 aromatic carbocycles. The number of esters is 1. The SMILES string of the molecule is CCn1nc(C)c(-c2cc(C(=O)OC)n3ncc(Cl)c3n2)c1C. The summed E-state index contributed by atoms with van der Waals surface area (Å²) in [5.74, 6) is -0.503. The number of halogens is 1. The lowest BCUT2D eigenvalue weighted by atomic mass is 10.1. The van der Waals surface area contributed by atoms with Gasteiger partial charge in [-0.2, -0.15) is 10.2 Å². The van der Waals surface area contributed by atoms with Crippen molar-refractivity contribution in [1.29, 1.82) is 0 Å². The number of hydrogen-bond donors (Lipinski definition) is 0. The Kier molecular flexibility index (Phi) is 3.81. The molecule has 3 rings (SSSR count). The van der Waals surface area contributed by atoms with Gasteiger partial charge >= 0.3 is 5.97 Å². The summed E-state index contributed by atoms with van der Waals surface area (Å²) >= 11 is 6.15. The Hall–Kier alpha value is -2.41. The second-order valence-corrected chi connectivity index (χ2v) is 5.51. The molecule has 3 aromatic rings. The van der Waals surface area contributed by atoms with E-state index in [0.29, 0.717) is 16.4 Å². The van der Waals surface area contributed by atoms with Gasteiger partial charge in [0.2, 0.25) is 0 Å². The van der Waals surface area contributed by atoms with Crippen molar-refractivity contribution in [2.75, 3.05) is 7.11 Å². The molecule has 0 bridgehead atoms. The van der Waals surface area contributed by atoms with E-state index in [2.05, 4.69) is 15.2 Å². The van der Waals surface area contributed by atoms with Gasteiger partial charge in [0.25, 0.3) is 0 Å². The van der Waals surface area contributed by atoms with Gasteiger partial charge in [0.15, 0.2) is 11.3 Å². The van der Waals surface area contributed by atoms with Crippen molar-refractivity contribution in [3.63, 3.8) is 0 Å². The standard InChI is InChI=1S/C15H16ClN5O2/c1-5-20-9(3)13(8(2)19-20)11-6-12(15(22)23-4)21-14(18-11)10(16)7-17-21/h6-7H,5H2,1-4H3. The average Bonchev–Trinajstić information content (AvgIpc) is 3.05. The first-order valence-corrected chi connectivity index (χ1v) is 7.52. The number of nitrogens with zero attached hydrogens (tertiary/aromatic N) is 5. The molecule has 0 aliphatic heterocycles. The molecule has 8 heteroatoms. The van der Waals surface area contributed by atoms with Gasteiger partial charge in [0.1, 0.15) is 5.02 Å². The minimum absolute atomic E-state index is 0.266. The van der Waals surface area contributed by atoms with Gasteiger partial charge in [-0.1, -0.05) is 11.6 Å². The van der Waals surface area contributed by atoms with Crippen LogP contribution in [-0.4, -0.2) is 37.5 Å². The van der Waals surface area contributed by atoms with Crippen molar-refractivity contribution in [3.05, 3.63) is 34.4 Å². The molecule has 7 nitrogen and oxygen atoms in total. The lowest BCUT2D eigenvalue weighted by molar-refractivity contribution is 0.0590. The van der Waals surface area contributed by atoms with Crippen molar-refractivity contribution >= 4 is 23.2 Å². The van der Waals surface area contributed by atoms with Crippen molar-refractivity contribution in [1.82, 2.24) is 24.4 Å².